The van der Waals surface area contributed by atoms with Gasteiger partial charge in [0.15, 0.2) is 16.7 Å². The normalized spacial score (nSPS) is 11.1. The van der Waals surface area contributed by atoms with E-state index in [0.29, 0.717) is 50.8 Å². The molecule has 0 amide bonds. The topological polar surface area (TPSA) is 105 Å². The van der Waals surface area contributed by atoms with E-state index >= 15 is 0 Å². The van der Waals surface area contributed by atoms with Crippen molar-refractivity contribution in [1.82, 2.24) is 19.7 Å². The Morgan fingerprint density at radius 1 is 1.00 bits per heavy atom. The van der Waals surface area contributed by atoms with E-state index < -0.39 is 0 Å². The lowest BCUT2D eigenvalue weighted by Crippen LogP contribution is -2.23. The summed E-state index contributed by atoms with van der Waals surface area (Å²) in [7, 11) is 3.15. The second kappa shape index (κ2) is 9.44. The summed E-state index contributed by atoms with van der Waals surface area (Å²) in [6, 6.07) is 16.3. The number of nitrogens with zero attached hydrogens (tertiary/aromatic N) is 4. The van der Waals surface area contributed by atoms with Crippen LogP contribution in [0.15, 0.2) is 79.8 Å². The molecule has 0 unspecified atom stereocenters. The van der Waals surface area contributed by atoms with Crippen LogP contribution in [0, 0.1) is 0 Å². The number of hydrogen-bond acceptors (Lipinski definition) is 9. The van der Waals surface area contributed by atoms with Crippen molar-refractivity contribution in [2.75, 3.05) is 14.2 Å². The summed E-state index contributed by atoms with van der Waals surface area (Å²) in [5.74, 6) is 3.02. The lowest BCUT2D eigenvalue weighted by atomic mass is 10.2. The zero-order valence-corrected chi connectivity index (χ0v) is 19.2. The zero-order chi connectivity index (χ0) is 23.5. The first kappa shape index (κ1) is 21.8. The Hall–Kier alpha value is -4.05. The number of fused-ring (bicyclic) bond motifs is 1. The molecule has 0 radical (unpaired) electrons. The van der Waals surface area contributed by atoms with Crippen molar-refractivity contribution in [3.63, 3.8) is 0 Å². The first-order valence-corrected chi connectivity index (χ1v) is 11.3. The number of para-hydroxylation sites is 1. The quantitative estimate of drug-likeness (QED) is 0.238. The van der Waals surface area contributed by atoms with Gasteiger partial charge >= 0.3 is 0 Å². The summed E-state index contributed by atoms with van der Waals surface area (Å²) in [5, 5.41) is 5.16. The van der Waals surface area contributed by atoms with Crippen LogP contribution in [0.3, 0.4) is 0 Å². The lowest BCUT2D eigenvalue weighted by Gasteiger charge is -2.11. The molecule has 0 saturated carbocycles. The molecule has 34 heavy (non-hydrogen) atoms. The summed E-state index contributed by atoms with van der Waals surface area (Å²) in [4.78, 5) is 22.4. The Labute approximate surface area is 198 Å². The van der Waals surface area contributed by atoms with Crippen molar-refractivity contribution >= 4 is 22.7 Å². The molecule has 172 valence electrons. The third kappa shape index (κ3) is 4.27. The molecule has 10 heteroatoms. The molecule has 3 aromatic heterocycles. The molecule has 0 saturated heterocycles. The molecule has 3 heterocycles. The van der Waals surface area contributed by atoms with Crippen molar-refractivity contribution in [3.8, 4) is 22.9 Å². The van der Waals surface area contributed by atoms with E-state index in [-0.39, 0.29) is 12.1 Å². The van der Waals surface area contributed by atoms with Gasteiger partial charge in [-0.25, -0.2) is 4.98 Å². The summed E-state index contributed by atoms with van der Waals surface area (Å²) in [6.07, 6.45) is 1.58. The number of ether oxygens (including phenoxy) is 2. The van der Waals surface area contributed by atoms with E-state index in [9.17, 15) is 4.79 Å². The minimum atomic E-state index is -0.138. The summed E-state index contributed by atoms with van der Waals surface area (Å²) < 4.78 is 23.1. The van der Waals surface area contributed by atoms with E-state index in [1.807, 2.05) is 30.3 Å². The number of thioether (sulfide) groups is 1. The van der Waals surface area contributed by atoms with Crippen molar-refractivity contribution in [3.05, 3.63) is 82.9 Å². The minimum Gasteiger partial charge on any atom is -0.493 e. The van der Waals surface area contributed by atoms with Crippen LogP contribution < -0.4 is 15.0 Å². The summed E-state index contributed by atoms with van der Waals surface area (Å²) in [5.41, 5.74) is 1.22. The van der Waals surface area contributed by atoms with Gasteiger partial charge in [0.1, 0.15) is 5.76 Å². The first-order chi connectivity index (χ1) is 16.7. The Morgan fingerprint density at radius 3 is 2.65 bits per heavy atom. The van der Waals surface area contributed by atoms with Gasteiger partial charge in [-0.15, -0.1) is 0 Å². The fourth-order valence-corrected chi connectivity index (χ4v) is 4.32. The third-order valence-electron chi connectivity index (χ3n) is 5.16. The van der Waals surface area contributed by atoms with E-state index in [4.69, 9.17) is 23.4 Å². The van der Waals surface area contributed by atoms with Gasteiger partial charge in [-0.2, -0.15) is 4.98 Å². The molecular weight excluding hydrogens is 456 g/mol. The summed E-state index contributed by atoms with van der Waals surface area (Å²) >= 11 is 1.34. The number of benzene rings is 2. The fraction of sp³-hybridized carbons (Fsp3) is 0.167. The highest BCUT2D eigenvalue weighted by Crippen LogP contribution is 2.31. The molecule has 0 aliphatic rings. The zero-order valence-electron chi connectivity index (χ0n) is 18.4. The molecule has 0 spiro atoms. The number of hydrogen-bond donors (Lipinski definition) is 0. The molecule has 0 N–H and O–H groups in total. The van der Waals surface area contributed by atoms with E-state index in [1.54, 1.807) is 49.3 Å². The molecule has 9 nitrogen and oxygen atoms in total. The highest BCUT2D eigenvalue weighted by molar-refractivity contribution is 7.98. The smallest absolute Gasteiger partial charge is 0.262 e. The van der Waals surface area contributed by atoms with E-state index in [1.165, 1.54) is 11.8 Å². The Bertz CT molecular complexity index is 1490. The van der Waals surface area contributed by atoms with E-state index in [0.717, 1.165) is 5.56 Å². The highest BCUT2D eigenvalue weighted by Gasteiger charge is 2.16. The number of aromatic nitrogens is 4. The highest BCUT2D eigenvalue weighted by atomic mass is 32.2. The molecule has 2 aromatic carbocycles. The molecule has 0 bridgehead atoms. The minimum absolute atomic E-state index is 0.138. The monoisotopic (exact) mass is 476 g/mol. The fourth-order valence-electron chi connectivity index (χ4n) is 3.49. The molecule has 5 aromatic rings. The van der Waals surface area contributed by atoms with Crippen LogP contribution in [0.4, 0.5) is 0 Å². The molecule has 0 aliphatic carbocycles. The van der Waals surface area contributed by atoms with Crippen LogP contribution in [-0.4, -0.2) is 33.9 Å². The Balaban J connectivity index is 1.42. The van der Waals surface area contributed by atoms with Gasteiger partial charge < -0.3 is 18.4 Å². The van der Waals surface area contributed by atoms with Gasteiger partial charge in [-0.3, -0.25) is 9.36 Å². The van der Waals surface area contributed by atoms with Crippen LogP contribution in [0.25, 0.3) is 22.3 Å². The van der Waals surface area contributed by atoms with Crippen molar-refractivity contribution in [1.29, 1.82) is 0 Å². The van der Waals surface area contributed by atoms with Gasteiger partial charge in [-0.1, -0.05) is 29.1 Å². The third-order valence-corrected chi connectivity index (χ3v) is 6.12. The van der Waals surface area contributed by atoms with Crippen molar-refractivity contribution < 1.29 is 18.4 Å². The maximum Gasteiger partial charge on any atom is 0.262 e. The van der Waals surface area contributed by atoms with Gasteiger partial charge in [-0.05, 0) is 42.5 Å². The largest absolute Gasteiger partial charge is 0.493 e. The Kier molecular flexibility index (Phi) is 6.05. The van der Waals surface area contributed by atoms with Crippen LogP contribution in [0.2, 0.25) is 0 Å². The maximum atomic E-state index is 13.2. The van der Waals surface area contributed by atoms with Crippen LogP contribution >= 0.6 is 11.8 Å². The van der Waals surface area contributed by atoms with Crippen molar-refractivity contribution in [2.24, 2.45) is 0 Å². The number of methoxy groups -OCH3 is 2. The van der Waals surface area contributed by atoms with Gasteiger partial charge in [0.25, 0.3) is 5.56 Å². The second-order valence-electron chi connectivity index (χ2n) is 7.25. The van der Waals surface area contributed by atoms with Gasteiger partial charge in [0, 0.05) is 5.56 Å². The van der Waals surface area contributed by atoms with Crippen LogP contribution in [0.5, 0.6) is 11.5 Å². The average Bonchev–Trinajstić information content (AvgIpc) is 3.56. The maximum absolute atomic E-state index is 13.2. The predicted molar refractivity (Wildman–Crippen MR) is 126 cm³/mol. The van der Waals surface area contributed by atoms with Crippen LogP contribution in [0.1, 0.15) is 11.7 Å². The Morgan fingerprint density at radius 2 is 1.85 bits per heavy atom. The molecule has 0 atom stereocenters. The molecule has 0 aliphatic heterocycles. The average molecular weight is 477 g/mol. The van der Waals surface area contributed by atoms with Gasteiger partial charge in [0.2, 0.25) is 11.7 Å². The van der Waals surface area contributed by atoms with Gasteiger partial charge in [0.05, 0.1) is 43.7 Å². The molecule has 0 fully saturated rings. The second-order valence-corrected chi connectivity index (χ2v) is 8.19. The lowest BCUT2D eigenvalue weighted by molar-refractivity contribution is 0.355. The van der Waals surface area contributed by atoms with Crippen LogP contribution in [-0.2, 0) is 12.3 Å². The summed E-state index contributed by atoms with van der Waals surface area (Å²) in [6.45, 7) is 0.271. The molecule has 5 rings (SSSR count). The SMILES string of the molecule is COc1ccc(-c2noc(CSc3nc4ccccc4c(=O)n3Cc3ccco3)n2)cc1OC. The van der Waals surface area contributed by atoms with E-state index in [2.05, 4.69) is 10.1 Å². The number of furan rings is 1. The standard InChI is InChI=1S/C24H20N4O5S/c1-30-19-10-9-15(12-20(19)31-2)22-26-21(33-27-22)14-34-24-25-18-8-4-3-7-17(18)23(29)28(24)13-16-6-5-11-32-16/h3-12H,13-14H2,1-2H3. The first-order valence-electron chi connectivity index (χ1n) is 10.4. The van der Waals surface area contributed by atoms with Crippen molar-refractivity contribution in [2.45, 2.75) is 17.5 Å². The number of rotatable bonds is 8. The predicted octanol–water partition coefficient (Wildman–Crippen LogP) is 4.40. The molecular formula is C24H20N4O5S.